The maximum atomic E-state index is 12.5. The predicted octanol–water partition coefficient (Wildman–Crippen LogP) is 2.48. The lowest BCUT2D eigenvalue weighted by atomic mass is 10.1. The van der Waals surface area contributed by atoms with Crippen LogP contribution in [0.3, 0.4) is 0 Å². The second-order valence-corrected chi connectivity index (χ2v) is 5.07. The number of hydrogen-bond donors (Lipinski definition) is 2. The van der Waals surface area contributed by atoms with Crippen LogP contribution in [0.1, 0.15) is 17.3 Å². The third-order valence-corrected chi connectivity index (χ3v) is 3.26. The van der Waals surface area contributed by atoms with Gasteiger partial charge in [0.25, 0.3) is 5.91 Å². The Hall–Kier alpha value is -3.48. The Balaban J connectivity index is 1.85. The highest BCUT2D eigenvalue weighted by molar-refractivity contribution is 6.06. The van der Waals surface area contributed by atoms with E-state index in [1.165, 1.54) is 13.3 Å². The van der Waals surface area contributed by atoms with Crippen molar-refractivity contribution in [3.8, 4) is 5.69 Å². The van der Waals surface area contributed by atoms with Crippen LogP contribution in [0.15, 0.2) is 61.2 Å². The summed E-state index contributed by atoms with van der Waals surface area (Å²) in [6, 6.07) is 14.0. The van der Waals surface area contributed by atoms with Gasteiger partial charge in [-0.15, -0.1) is 0 Å². The molecule has 0 radical (unpaired) electrons. The zero-order chi connectivity index (χ0) is 16.9. The Labute approximate surface area is 138 Å². The lowest BCUT2D eigenvalue weighted by Gasteiger charge is -2.11. The largest absolute Gasteiger partial charge is 0.326 e. The molecule has 1 heterocycles. The molecule has 0 aliphatic carbocycles. The van der Waals surface area contributed by atoms with Crippen LogP contribution in [-0.4, -0.2) is 26.6 Å². The molecule has 3 aromatic rings. The van der Waals surface area contributed by atoms with Crippen molar-refractivity contribution in [3.63, 3.8) is 0 Å². The first-order valence-electron chi connectivity index (χ1n) is 7.26. The minimum Gasteiger partial charge on any atom is -0.326 e. The molecule has 2 aromatic carbocycles. The zero-order valence-electron chi connectivity index (χ0n) is 12.9. The fourth-order valence-corrected chi connectivity index (χ4v) is 2.25. The summed E-state index contributed by atoms with van der Waals surface area (Å²) in [7, 11) is 0. The van der Waals surface area contributed by atoms with Gasteiger partial charge in [-0.2, -0.15) is 5.10 Å². The van der Waals surface area contributed by atoms with Crippen molar-refractivity contribution in [2.24, 2.45) is 0 Å². The number of aromatic nitrogens is 3. The summed E-state index contributed by atoms with van der Waals surface area (Å²) in [5.74, 6) is -0.473. The molecule has 120 valence electrons. The molecule has 0 spiro atoms. The Morgan fingerprint density at radius 1 is 1.04 bits per heavy atom. The van der Waals surface area contributed by atoms with Crippen LogP contribution >= 0.6 is 0 Å². The summed E-state index contributed by atoms with van der Waals surface area (Å²) >= 11 is 0. The maximum absolute atomic E-state index is 12.5. The number of nitrogens with one attached hydrogen (secondary N) is 2. The minimum atomic E-state index is -0.283. The van der Waals surface area contributed by atoms with Gasteiger partial charge < -0.3 is 10.6 Å². The molecule has 0 atom stereocenters. The van der Waals surface area contributed by atoms with Gasteiger partial charge in [-0.1, -0.05) is 18.2 Å². The fraction of sp³-hybridized carbons (Fsp3) is 0.0588. The van der Waals surface area contributed by atoms with Crippen LogP contribution in [-0.2, 0) is 4.79 Å². The second kappa shape index (κ2) is 6.74. The molecule has 24 heavy (non-hydrogen) atoms. The molecular weight excluding hydrogens is 306 g/mol. The Bertz CT molecular complexity index is 874. The molecule has 7 nitrogen and oxygen atoms in total. The van der Waals surface area contributed by atoms with Gasteiger partial charge in [0.1, 0.15) is 12.7 Å². The van der Waals surface area contributed by atoms with Crippen LogP contribution in [0.2, 0.25) is 0 Å². The Morgan fingerprint density at radius 3 is 2.62 bits per heavy atom. The number of carbonyl (C=O) groups excluding carboxylic acids is 2. The van der Waals surface area contributed by atoms with Crippen molar-refractivity contribution in [1.29, 1.82) is 0 Å². The minimum absolute atomic E-state index is 0.191. The third-order valence-electron chi connectivity index (χ3n) is 3.26. The van der Waals surface area contributed by atoms with Crippen molar-refractivity contribution in [1.82, 2.24) is 14.8 Å². The van der Waals surface area contributed by atoms with Gasteiger partial charge in [0.05, 0.1) is 11.4 Å². The van der Waals surface area contributed by atoms with E-state index in [-0.39, 0.29) is 11.8 Å². The lowest BCUT2D eigenvalue weighted by Crippen LogP contribution is -2.14. The number of anilines is 2. The van der Waals surface area contributed by atoms with Crippen molar-refractivity contribution in [2.45, 2.75) is 6.92 Å². The lowest BCUT2D eigenvalue weighted by molar-refractivity contribution is -0.114. The second-order valence-electron chi connectivity index (χ2n) is 5.07. The fourth-order valence-electron chi connectivity index (χ4n) is 2.25. The predicted molar refractivity (Wildman–Crippen MR) is 90.1 cm³/mol. The Kier molecular flexibility index (Phi) is 4.33. The van der Waals surface area contributed by atoms with Gasteiger partial charge in [-0.05, 0) is 30.3 Å². The van der Waals surface area contributed by atoms with E-state index in [0.29, 0.717) is 22.6 Å². The first-order valence-corrected chi connectivity index (χ1v) is 7.26. The summed E-state index contributed by atoms with van der Waals surface area (Å²) in [5.41, 5.74) is 2.33. The summed E-state index contributed by atoms with van der Waals surface area (Å²) in [6.07, 6.45) is 2.98. The number of amides is 2. The number of carbonyl (C=O) groups is 2. The standard InChI is InChI=1S/C17H15N5O2/c1-12(23)20-14-6-4-5-13(9-14)17(24)21-15-7-2-3-8-16(15)22-11-18-10-19-22/h2-11H,1H3,(H,20,23)(H,21,24). The summed E-state index contributed by atoms with van der Waals surface area (Å²) in [5, 5.41) is 9.59. The molecule has 0 aliphatic heterocycles. The Morgan fingerprint density at radius 2 is 1.88 bits per heavy atom. The number of para-hydroxylation sites is 2. The van der Waals surface area contributed by atoms with Crippen LogP contribution in [0, 0.1) is 0 Å². The topological polar surface area (TPSA) is 88.9 Å². The molecule has 0 unspecified atom stereocenters. The smallest absolute Gasteiger partial charge is 0.255 e. The monoisotopic (exact) mass is 321 g/mol. The highest BCUT2D eigenvalue weighted by Gasteiger charge is 2.11. The van der Waals surface area contributed by atoms with E-state index in [2.05, 4.69) is 20.7 Å². The molecule has 0 saturated heterocycles. The van der Waals surface area contributed by atoms with Crippen molar-refractivity contribution < 1.29 is 9.59 Å². The molecule has 3 rings (SSSR count). The van der Waals surface area contributed by atoms with Crippen molar-refractivity contribution in [2.75, 3.05) is 10.6 Å². The highest BCUT2D eigenvalue weighted by Crippen LogP contribution is 2.20. The van der Waals surface area contributed by atoms with E-state index in [0.717, 1.165) is 0 Å². The number of nitrogens with zero attached hydrogens (tertiary/aromatic N) is 3. The van der Waals surface area contributed by atoms with E-state index >= 15 is 0 Å². The van der Waals surface area contributed by atoms with E-state index in [1.54, 1.807) is 41.3 Å². The van der Waals surface area contributed by atoms with Gasteiger partial charge in [0.15, 0.2) is 0 Å². The number of rotatable bonds is 4. The molecule has 0 fully saturated rings. The van der Waals surface area contributed by atoms with Crippen LogP contribution in [0.5, 0.6) is 0 Å². The van der Waals surface area contributed by atoms with Crippen LogP contribution in [0.4, 0.5) is 11.4 Å². The van der Waals surface area contributed by atoms with Crippen LogP contribution < -0.4 is 10.6 Å². The quantitative estimate of drug-likeness (QED) is 0.772. The molecule has 2 N–H and O–H groups in total. The normalized spacial score (nSPS) is 10.2. The molecular formula is C17H15N5O2. The van der Waals surface area contributed by atoms with Crippen molar-refractivity contribution in [3.05, 3.63) is 66.7 Å². The van der Waals surface area contributed by atoms with Gasteiger partial charge in [0.2, 0.25) is 5.91 Å². The van der Waals surface area contributed by atoms with E-state index < -0.39 is 0 Å². The summed E-state index contributed by atoms with van der Waals surface area (Å²) in [6.45, 7) is 1.42. The van der Waals surface area contributed by atoms with Gasteiger partial charge in [0, 0.05) is 18.2 Å². The molecule has 2 amide bonds. The van der Waals surface area contributed by atoms with Gasteiger partial charge in [-0.3, -0.25) is 9.59 Å². The number of benzene rings is 2. The molecule has 0 saturated carbocycles. The molecule has 0 aliphatic rings. The molecule has 0 bridgehead atoms. The SMILES string of the molecule is CC(=O)Nc1cccc(C(=O)Nc2ccccc2-n2cncn2)c1. The average Bonchev–Trinajstić information content (AvgIpc) is 3.09. The maximum Gasteiger partial charge on any atom is 0.255 e. The van der Waals surface area contributed by atoms with Crippen LogP contribution in [0.25, 0.3) is 5.69 Å². The molecule has 1 aromatic heterocycles. The zero-order valence-corrected chi connectivity index (χ0v) is 12.9. The third kappa shape index (κ3) is 3.46. The number of hydrogen-bond acceptors (Lipinski definition) is 4. The average molecular weight is 321 g/mol. The van der Waals surface area contributed by atoms with Crippen molar-refractivity contribution >= 4 is 23.2 Å². The van der Waals surface area contributed by atoms with Gasteiger partial charge >= 0.3 is 0 Å². The molecule has 7 heteroatoms. The van der Waals surface area contributed by atoms with E-state index in [9.17, 15) is 9.59 Å². The van der Waals surface area contributed by atoms with E-state index in [1.807, 2.05) is 18.2 Å². The highest BCUT2D eigenvalue weighted by atomic mass is 16.2. The van der Waals surface area contributed by atoms with Gasteiger partial charge in [-0.25, -0.2) is 9.67 Å². The summed E-state index contributed by atoms with van der Waals surface area (Å²) < 4.78 is 1.57. The first-order chi connectivity index (χ1) is 11.6. The van der Waals surface area contributed by atoms with E-state index in [4.69, 9.17) is 0 Å². The summed E-state index contributed by atoms with van der Waals surface area (Å²) in [4.78, 5) is 27.6. The first kappa shape index (κ1) is 15.4.